The van der Waals surface area contributed by atoms with Gasteiger partial charge >= 0.3 is 0 Å². The maximum absolute atomic E-state index is 6.75. The molecule has 1 spiro atoms. The molecule has 0 unspecified atom stereocenters. The van der Waals surface area contributed by atoms with Crippen LogP contribution >= 0.6 is 0 Å². The molecule has 49 heavy (non-hydrogen) atoms. The third-order valence-electron chi connectivity index (χ3n) is 10.8. The highest BCUT2D eigenvalue weighted by atomic mass is 16.5. The number of hydrogen-bond acceptors (Lipinski definition) is 1. The Morgan fingerprint density at radius 1 is 0.429 bits per heavy atom. The Kier molecular flexibility index (Phi) is 5.34. The second kappa shape index (κ2) is 9.82. The minimum absolute atomic E-state index is 0.504. The SMILES string of the molecule is c1ccc(-n2c3cccc(-c4ccc5c(c4)C4(c6ccccc6O5)c5ccccc5-c5ccccc54)c3c3ccc4ccccc4c32)cc1. The summed E-state index contributed by atoms with van der Waals surface area (Å²) >= 11 is 0. The molecular weight excluding hydrogens is 595 g/mol. The van der Waals surface area contributed by atoms with E-state index in [1.54, 1.807) is 0 Å². The molecule has 228 valence electrons. The van der Waals surface area contributed by atoms with Gasteiger partial charge in [-0.1, -0.05) is 140 Å². The average Bonchev–Trinajstić information content (AvgIpc) is 3.67. The van der Waals surface area contributed by atoms with Gasteiger partial charge in [0.25, 0.3) is 0 Å². The molecule has 2 nitrogen and oxygen atoms in total. The van der Waals surface area contributed by atoms with Crippen molar-refractivity contribution in [3.05, 3.63) is 198 Å². The predicted molar refractivity (Wildman–Crippen MR) is 201 cm³/mol. The van der Waals surface area contributed by atoms with Crippen LogP contribution in [0.15, 0.2) is 176 Å². The van der Waals surface area contributed by atoms with Crippen molar-refractivity contribution < 1.29 is 4.74 Å². The fraction of sp³-hybridized carbons (Fsp3) is 0.0213. The van der Waals surface area contributed by atoms with Crippen LogP contribution in [-0.4, -0.2) is 4.57 Å². The van der Waals surface area contributed by atoms with E-state index >= 15 is 0 Å². The molecule has 8 aromatic carbocycles. The summed E-state index contributed by atoms with van der Waals surface area (Å²) in [5, 5.41) is 4.99. The van der Waals surface area contributed by atoms with Crippen molar-refractivity contribution in [2.24, 2.45) is 0 Å². The largest absolute Gasteiger partial charge is 0.457 e. The van der Waals surface area contributed by atoms with Crippen LogP contribution in [0.5, 0.6) is 11.5 Å². The molecule has 2 aliphatic rings. The van der Waals surface area contributed by atoms with E-state index in [1.165, 1.54) is 77.1 Å². The molecule has 9 aromatic rings. The van der Waals surface area contributed by atoms with Gasteiger partial charge in [0.05, 0.1) is 16.4 Å². The van der Waals surface area contributed by atoms with Crippen molar-refractivity contribution in [2.75, 3.05) is 0 Å². The molecule has 0 atom stereocenters. The third-order valence-corrected chi connectivity index (χ3v) is 10.8. The highest BCUT2D eigenvalue weighted by Crippen LogP contribution is 2.62. The van der Waals surface area contributed by atoms with Crippen molar-refractivity contribution in [3.8, 4) is 39.4 Å². The zero-order chi connectivity index (χ0) is 32.1. The summed E-state index contributed by atoms with van der Waals surface area (Å²) in [5.74, 6) is 1.81. The fourth-order valence-corrected chi connectivity index (χ4v) is 8.94. The van der Waals surface area contributed by atoms with E-state index in [0.717, 1.165) is 17.2 Å². The quantitative estimate of drug-likeness (QED) is 0.187. The Balaban J connectivity index is 1.25. The second-order valence-corrected chi connectivity index (χ2v) is 13.2. The van der Waals surface area contributed by atoms with E-state index in [2.05, 4.69) is 180 Å². The Bertz CT molecular complexity index is 2760. The minimum Gasteiger partial charge on any atom is -0.457 e. The van der Waals surface area contributed by atoms with Gasteiger partial charge in [0.1, 0.15) is 11.5 Å². The average molecular weight is 624 g/mol. The first-order valence-corrected chi connectivity index (χ1v) is 16.9. The maximum Gasteiger partial charge on any atom is 0.132 e. The smallest absolute Gasteiger partial charge is 0.132 e. The Morgan fingerprint density at radius 3 is 1.90 bits per heavy atom. The highest BCUT2D eigenvalue weighted by molar-refractivity contribution is 6.22. The molecule has 2 heterocycles. The summed E-state index contributed by atoms with van der Waals surface area (Å²) in [5.41, 5.74) is 13.0. The van der Waals surface area contributed by atoms with E-state index in [9.17, 15) is 0 Å². The standard InChI is InChI=1S/C47H29NO/c1-2-14-32(15-3-1)48-42-23-12-19-33(45(42)37-27-25-30-13-4-5-16-34(30)46(37)48)31-26-28-44-41(29-31)47(40-22-10-11-24-43(40)49-44)38-20-8-6-17-35(38)36-18-7-9-21-39(36)47/h1-29H. The lowest BCUT2D eigenvalue weighted by Gasteiger charge is -2.39. The van der Waals surface area contributed by atoms with Crippen LogP contribution in [0, 0.1) is 0 Å². The van der Waals surface area contributed by atoms with Gasteiger partial charge in [-0.3, -0.25) is 0 Å². The molecular formula is C47H29NO. The van der Waals surface area contributed by atoms with Gasteiger partial charge in [-0.15, -0.1) is 0 Å². The number of fused-ring (bicyclic) bond motifs is 14. The number of rotatable bonds is 2. The Hall–Kier alpha value is -6.38. The first-order chi connectivity index (χ1) is 24.3. The summed E-state index contributed by atoms with van der Waals surface area (Å²) in [6.45, 7) is 0. The molecule has 0 saturated heterocycles. The van der Waals surface area contributed by atoms with E-state index in [1.807, 2.05) is 0 Å². The number of hydrogen-bond donors (Lipinski definition) is 0. The molecule has 0 fully saturated rings. The number of para-hydroxylation sites is 2. The molecule has 1 aromatic heterocycles. The summed E-state index contributed by atoms with van der Waals surface area (Å²) in [6, 6.07) is 64.1. The first kappa shape index (κ1) is 26.7. The van der Waals surface area contributed by atoms with Crippen molar-refractivity contribution in [1.82, 2.24) is 4.57 Å². The summed E-state index contributed by atoms with van der Waals surface area (Å²) in [4.78, 5) is 0. The molecule has 11 rings (SSSR count). The molecule has 0 saturated carbocycles. The third kappa shape index (κ3) is 3.45. The maximum atomic E-state index is 6.75. The Morgan fingerprint density at radius 2 is 1.08 bits per heavy atom. The zero-order valence-corrected chi connectivity index (χ0v) is 26.6. The van der Waals surface area contributed by atoms with Crippen LogP contribution < -0.4 is 4.74 Å². The molecule has 0 bridgehead atoms. The van der Waals surface area contributed by atoms with E-state index in [0.29, 0.717) is 0 Å². The molecule has 0 N–H and O–H groups in total. The zero-order valence-electron chi connectivity index (χ0n) is 26.6. The van der Waals surface area contributed by atoms with E-state index < -0.39 is 5.41 Å². The number of benzene rings is 8. The van der Waals surface area contributed by atoms with Crippen LogP contribution in [0.4, 0.5) is 0 Å². The number of nitrogens with zero attached hydrogens (tertiary/aromatic N) is 1. The van der Waals surface area contributed by atoms with Crippen LogP contribution in [-0.2, 0) is 5.41 Å². The number of aromatic nitrogens is 1. The highest BCUT2D eigenvalue weighted by Gasteiger charge is 2.51. The minimum atomic E-state index is -0.504. The molecule has 0 radical (unpaired) electrons. The van der Waals surface area contributed by atoms with Crippen molar-refractivity contribution >= 4 is 32.6 Å². The van der Waals surface area contributed by atoms with E-state index in [4.69, 9.17) is 4.74 Å². The summed E-state index contributed by atoms with van der Waals surface area (Å²) < 4.78 is 9.19. The van der Waals surface area contributed by atoms with Crippen LogP contribution in [0.2, 0.25) is 0 Å². The van der Waals surface area contributed by atoms with Crippen molar-refractivity contribution in [3.63, 3.8) is 0 Å². The van der Waals surface area contributed by atoms with Crippen molar-refractivity contribution in [2.45, 2.75) is 5.41 Å². The fourth-order valence-electron chi connectivity index (χ4n) is 8.94. The van der Waals surface area contributed by atoms with Gasteiger partial charge in [0.2, 0.25) is 0 Å². The lowest BCUT2D eigenvalue weighted by atomic mass is 9.65. The molecule has 1 aliphatic carbocycles. The number of ether oxygens (including phenoxy) is 1. The van der Waals surface area contributed by atoms with Crippen LogP contribution in [0.25, 0.3) is 60.5 Å². The van der Waals surface area contributed by atoms with Crippen LogP contribution in [0.1, 0.15) is 22.3 Å². The van der Waals surface area contributed by atoms with Gasteiger partial charge in [-0.25, -0.2) is 0 Å². The first-order valence-electron chi connectivity index (χ1n) is 16.9. The lowest BCUT2D eigenvalue weighted by molar-refractivity contribution is 0.436. The summed E-state index contributed by atoms with van der Waals surface area (Å²) in [7, 11) is 0. The normalized spacial score (nSPS) is 13.6. The molecule has 1 aliphatic heterocycles. The van der Waals surface area contributed by atoms with Crippen LogP contribution in [0.3, 0.4) is 0 Å². The Labute approximate surface area is 284 Å². The van der Waals surface area contributed by atoms with Gasteiger partial charge in [-0.2, -0.15) is 0 Å². The molecule has 2 heteroatoms. The van der Waals surface area contributed by atoms with Gasteiger partial charge in [0.15, 0.2) is 0 Å². The van der Waals surface area contributed by atoms with Gasteiger partial charge < -0.3 is 9.30 Å². The molecule has 0 amide bonds. The second-order valence-electron chi connectivity index (χ2n) is 13.2. The van der Waals surface area contributed by atoms with Gasteiger partial charge in [-0.05, 0) is 75.2 Å². The predicted octanol–water partition coefficient (Wildman–Crippen LogP) is 12.1. The summed E-state index contributed by atoms with van der Waals surface area (Å²) in [6.07, 6.45) is 0. The van der Waals surface area contributed by atoms with Gasteiger partial charge in [0, 0.05) is 33.0 Å². The van der Waals surface area contributed by atoms with Crippen molar-refractivity contribution in [1.29, 1.82) is 0 Å². The lowest BCUT2D eigenvalue weighted by Crippen LogP contribution is -2.32. The monoisotopic (exact) mass is 623 g/mol. The van der Waals surface area contributed by atoms with E-state index in [-0.39, 0.29) is 0 Å². The topological polar surface area (TPSA) is 14.2 Å².